The van der Waals surface area contributed by atoms with Gasteiger partial charge < -0.3 is 11.1 Å². The lowest BCUT2D eigenvalue weighted by Crippen LogP contribution is -2.49. The van der Waals surface area contributed by atoms with Crippen molar-refractivity contribution < 1.29 is 9.18 Å². The Hall–Kier alpha value is -0.940. The molecule has 0 unspecified atom stereocenters. The van der Waals surface area contributed by atoms with E-state index in [1.165, 1.54) is 6.07 Å². The fraction of sp³-hybridized carbons (Fsp3) is 0.462. The maximum atomic E-state index is 13.6. The molecule has 0 bridgehead atoms. The fourth-order valence-corrected chi connectivity index (χ4v) is 2.08. The van der Waals surface area contributed by atoms with E-state index in [1.54, 1.807) is 12.1 Å². The normalized spacial score (nSPS) is 11.4. The van der Waals surface area contributed by atoms with Crippen LogP contribution in [0.15, 0.2) is 22.7 Å². The van der Waals surface area contributed by atoms with E-state index in [2.05, 4.69) is 21.2 Å². The fourth-order valence-electron chi connectivity index (χ4n) is 1.56. The lowest BCUT2D eigenvalue weighted by molar-refractivity contribution is 0.0937. The Bertz CT molecular complexity index is 413. The molecule has 0 aliphatic carbocycles. The maximum Gasteiger partial charge on any atom is 0.255 e. The molecule has 0 aromatic heterocycles. The molecule has 0 aliphatic heterocycles. The van der Waals surface area contributed by atoms with E-state index in [4.69, 9.17) is 5.73 Å². The van der Waals surface area contributed by atoms with Gasteiger partial charge in [-0.3, -0.25) is 4.79 Å². The monoisotopic (exact) mass is 316 g/mol. The van der Waals surface area contributed by atoms with Crippen molar-refractivity contribution in [2.45, 2.75) is 32.2 Å². The summed E-state index contributed by atoms with van der Waals surface area (Å²) in [5.41, 5.74) is 5.66. The van der Waals surface area contributed by atoms with Gasteiger partial charge in [-0.1, -0.05) is 19.9 Å². The molecule has 0 spiro atoms. The zero-order valence-corrected chi connectivity index (χ0v) is 12.2. The quantitative estimate of drug-likeness (QED) is 0.877. The standard InChI is InChI=1S/C13H18BrFN2O/c1-3-13(16,4-2)8-17-12(18)11-9(14)6-5-7-10(11)15/h5-7H,3-4,8,16H2,1-2H3,(H,17,18). The Kier molecular flexibility index (Phi) is 5.28. The number of hydrogen-bond acceptors (Lipinski definition) is 2. The minimum atomic E-state index is -0.544. The average Bonchev–Trinajstić information content (AvgIpc) is 2.36. The molecule has 0 aliphatic rings. The Labute approximate surface area is 115 Å². The predicted molar refractivity (Wildman–Crippen MR) is 73.9 cm³/mol. The van der Waals surface area contributed by atoms with Gasteiger partial charge in [0, 0.05) is 16.6 Å². The highest BCUT2D eigenvalue weighted by atomic mass is 79.9. The molecule has 100 valence electrons. The summed E-state index contributed by atoms with van der Waals surface area (Å²) < 4.78 is 14.0. The van der Waals surface area contributed by atoms with E-state index in [9.17, 15) is 9.18 Å². The summed E-state index contributed by atoms with van der Waals surface area (Å²) >= 11 is 3.17. The van der Waals surface area contributed by atoms with E-state index in [1.807, 2.05) is 13.8 Å². The van der Waals surface area contributed by atoms with Crippen LogP contribution in [0.2, 0.25) is 0 Å². The van der Waals surface area contributed by atoms with Gasteiger partial charge in [0.25, 0.3) is 5.91 Å². The minimum Gasteiger partial charge on any atom is -0.350 e. The molecule has 0 saturated carbocycles. The van der Waals surface area contributed by atoms with Crippen LogP contribution in [-0.4, -0.2) is 18.0 Å². The van der Waals surface area contributed by atoms with Crippen LogP contribution >= 0.6 is 15.9 Å². The Morgan fingerprint density at radius 3 is 2.56 bits per heavy atom. The predicted octanol–water partition coefficient (Wildman–Crippen LogP) is 2.84. The molecule has 5 heteroatoms. The topological polar surface area (TPSA) is 55.1 Å². The highest BCUT2D eigenvalue weighted by Gasteiger charge is 2.22. The highest BCUT2D eigenvalue weighted by Crippen LogP contribution is 2.19. The molecule has 0 atom stereocenters. The average molecular weight is 317 g/mol. The third-order valence-corrected chi connectivity index (χ3v) is 3.86. The summed E-state index contributed by atoms with van der Waals surface area (Å²) in [4.78, 5) is 11.9. The first-order chi connectivity index (χ1) is 8.43. The summed E-state index contributed by atoms with van der Waals surface area (Å²) in [6, 6.07) is 4.43. The Morgan fingerprint density at radius 1 is 1.44 bits per heavy atom. The first-order valence-corrected chi connectivity index (χ1v) is 6.74. The lowest BCUT2D eigenvalue weighted by Gasteiger charge is -2.26. The molecule has 1 rings (SSSR count). The smallest absolute Gasteiger partial charge is 0.255 e. The van der Waals surface area contributed by atoms with Crippen LogP contribution in [0.5, 0.6) is 0 Å². The Morgan fingerprint density at radius 2 is 2.06 bits per heavy atom. The van der Waals surface area contributed by atoms with E-state index in [-0.39, 0.29) is 5.56 Å². The summed E-state index contributed by atoms with van der Waals surface area (Å²) in [6.07, 6.45) is 1.50. The lowest BCUT2D eigenvalue weighted by atomic mass is 9.94. The molecule has 0 heterocycles. The molecule has 1 aromatic carbocycles. The van der Waals surface area contributed by atoms with Crippen molar-refractivity contribution in [3.05, 3.63) is 34.1 Å². The van der Waals surface area contributed by atoms with Gasteiger partial charge in [0.05, 0.1) is 5.56 Å². The molecular formula is C13H18BrFN2O. The van der Waals surface area contributed by atoms with Crippen molar-refractivity contribution in [1.29, 1.82) is 0 Å². The third kappa shape index (κ3) is 3.53. The number of amides is 1. The van der Waals surface area contributed by atoms with E-state index in [0.717, 1.165) is 12.8 Å². The van der Waals surface area contributed by atoms with Gasteiger partial charge in [-0.05, 0) is 40.9 Å². The summed E-state index contributed by atoms with van der Waals surface area (Å²) in [5, 5.41) is 2.69. The number of nitrogens with one attached hydrogen (secondary N) is 1. The minimum absolute atomic E-state index is 0.0204. The first-order valence-electron chi connectivity index (χ1n) is 5.94. The van der Waals surface area contributed by atoms with Crippen molar-refractivity contribution in [2.75, 3.05) is 6.54 Å². The van der Waals surface area contributed by atoms with Crippen LogP contribution in [-0.2, 0) is 0 Å². The second-order valence-corrected chi connectivity index (χ2v) is 5.20. The van der Waals surface area contributed by atoms with Gasteiger partial charge in [0.1, 0.15) is 5.82 Å². The van der Waals surface area contributed by atoms with Crippen molar-refractivity contribution in [3.8, 4) is 0 Å². The van der Waals surface area contributed by atoms with E-state index < -0.39 is 17.3 Å². The number of carbonyl (C=O) groups is 1. The summed E-state index contributed by atoms with van der Waals surface area (Å²) in [6.45, 7) is 4.27. The molecular weight excluding hydrogens is 299 g/mol. The zero-order valence-electron chi connectivity index (χ0n) is 10.6. The number of nitrogens with two attached hydrogens (primary N) is 1. The number of hydrogen-bond donors (Lipinski definition) is 2. The van der Waals surface area contributed by atoms with Crippen molar-refractivity contribution >= 4 is 21.8 Å². The molecule has 1 aromatic rings. The summed E-state index contributed by atoms with van der Waals surface area (Å²) in [7, 11) is 0. The second kappa shape index (κ2) is 6.29. The molecule has 1 amide bonds. The third-order valence-electron chi connectivity index (χ3n) is 3.20. The highest BCUT2D eigenvalue weighted by molar-refractivity contribution is 9.10. The second-order valence-electron chi connectivity index (χ2n) is 4.35. The van der Waals surface area contributed by atoms with Crippen molar-refractivity contribution in [3.63, 3.8) is 0 Å². The van der Waals surface area contributed by atoms with Gasteiger partial charge >= 0.3 is 0 Å². The van der Waals surface area contributed by atoms with Crippen molar-refractivity contribution in [2.24, 2.45) is 5.73 Å². The molecule has 3 N–H and O–H groups in total. The van der Waals surface area contributed by atoms with Gasteiger partial charge in [0.15, 0.2) is 0 Å². The van der Waals surface area contributed by atoms with Crippen LogP contribution in [0, 0.1) is 5.82 Å². The number of benzene rings is 1. The van der Waals surface area contributed by atoms with Gasteiger partial charge in [-0.2, -0.15) is 0 Å². The largest absolute Gasteiger partial charge is 0.350 e. The van der Waals surface area contributed by atoms with E-state index >= 15 is 0 Å². The molecule has 0 fully saturated rings. The van der Waals surface area contributed by atoms with Gasteiger partial charge in [-0.15, -0.1) is 0 Å². The maximum absolute atomic E-state index is 13.6. The molecule has 0 radical (unpaired) electrons. The van der Waals surface area contributed by atoms with Crippen LogP contribution in [0.1, 0.15) is 37.0 Å². The SMILES string of the molecule is CCC(N)(CC)CNC(=O)c1c(F)cccc1Br. The zero-order chi connectivity index (χ0) is 13.8. The number of rotatable bonds is 5. The van der Waals surface area contributed by atoms with Gasteiger partial charge in [-0.25, -0.2) is 4.39 Å². The van der Waals surface area contributed by atoms with E-state index in [0.29, 0.717) is 11.0 Å². The number of carbonyl (C=O) groups excluding carboxylic acids is 1. The molecule has 18 heavy (non-hydrogen) atoms. The first kappa shape index (κ1) is 15.1. The van der Waals surface area contributed by atoms with Crippen LogP contribution in [0.4, 0.5) is 4.39 Å². The number of halogens is 2. The molecule has 3 nitrogen and oxygen atoms in total. The van der Waals surface area contributed by atoms with Crippen LogP contribution < -0.4 is 11.1 Å². The summed E-state index contributed by atoms with van der Waals surface area (Å²) in [5.74, 6) is -0.991. The van der Waals surface area contributed by atoms with Crippen molar-refractivity contribution in [1.82, 2.24) is 5.32 Å². The van der Waals surface area contributed by atoms with Crippen LogP contribution in [0.3, 0.4) is 0 Å². The van der Waals surface area contributed by atoms with Crippen LogP contribution in [0.25, 0.3) is 0 Å². The Balaban J connectivity index is 2.78. The van der Waals surface area contributed by atoms with Gasteiger partial charge in [0.2, 0.25) is 0 Å². The molecule has 0 saturated heterocycles.